The summed E-state index contributed by atoms with van der Waals surface area (Å²) in [7, 11) is 0. The second-order valence-electron chi connectivity index (χ2n) is 4.68. The summed E-state index contributed by atoms with van der Waals surface area (Å²) in [4.78, 5) is 23.3. The van der Waals surface area contributed by atoms with Crippen molar-refractivity contribution in [1.29, 1.82) is 0 Å². The Morgan fingerprint density at radius 2 is 1.82 bits per heavy atom. The molecule has 2 N–H and O–H groups in total. The number of aryl methyl sites for hydroxylation is 1. The van der Waals surface area contributed by atoms with Gasteiger partial charge < -0.3 is 10.4 Å². The molecular weight excluding hydrogens is 302 g/mol. The summed E-state index contributed by atoms with van der Waals surface area (Å²) in [5.74, 6) is -1.69. The number of hydrogen-bond donors (Lipinski definition) is 2. The fourth-order valence-corrected chi connectivity index (χ4v) is 2.07. The molecule has 1 amide bonds. The van der Waals surface area contributed by atoms with Gasteiger partial charge in [-0.3, -0.25) is 4.79 Å². The van der Waals surface area contributed by atoms with Gasteiger partial charge in [0.1, 0.15) is 0 Å². The summed E-state index contributed by atoms with van der Waals surface area (Å²) < 4.78 is 0. The third-order valence-corrected chi connectivity index (χ3v) is 3.43. The minimum absolute atomic E-state index is 0.0739. The molecule has 22 heavy (non-hydrogen) atoms. The van der Waals surface area contributed by atoms with Crippen molar-refractivity contribution in [3.63, 3.8) is 0 Å². The highest BCUT2D eigenvalue weighted by molar-refractivity contribution is 6.32. The number of aliphatic carboxylic acids is 1. The SMILES string of the molecule is Cc1ccc(NC(=O)/C(=C\C(=O)O)c2ccccc2)cc1Cl. The third kappa shape index (κ3) is 3.96. The van der Waals surface area contributed by atoms with E-state index >= 15 is 0 Å². The lowest BCUT2D eigenvalue weighted by atomic mass is 10.0. The zero-order valence-electron chi connectivity index (χ0n) is 11.8. The molecule has 0 radical (unpaired) electrons. The molecule has 5 heteroatoms. The molecule has 0 atom stereocenters. The van der Waals surface area contributed by atoms with E-state index in [9.17, 15) is 9.59 Å². The van der Waals surface area contributed by atoms with Gasteiger partial charge >= 0.3 is 5.97 Å². The highest BCUT2D eigenvalue weighted by Crippen LogP contribution is 2.22. The van der Waals surface area contributed by atoms with E-state index in [0.29, 0.717) is 16.3 Å². The Morgan fingerprint density at radius 1 is 1.14 bits per heavy atom. The van der Waals surface area contributed by atoms with Crippen molar-refractivity contribution in [3.8, 4) is 0 Å². The Balaban J connectivity index is 2.30. The van der Waals surface area contributed by atoms with Gasteiger partial charge in [0.15, 0.2) is 0 Å². The van der Waals surface area contributed by atoms with Crippen LogP contribution < -0.4 is 5.32 Å². The molecule has 0 aliphatic heterocycles. The topological polar surface area (TPSA) is 66.4 Å². The second kappa shape index (κ2) is 6.91. The van der Waals surface area contributed by atoms with Crippen molar-refractivity contribution in [2.45, 2.75) is 6.92 Å². The molecule has 0 saturated carbocycles. The van der Waals surface area contributed by atoms with Crippen molar-refractivity contribution >= 4 is 34.7 Å². The quantitative estimate of drug-likeness (QED) is 0.844. The molecule has 0 unspecified atom stereocenters. The lowest BCUT2D eigenvalue weighted by Crippen LogP contribution is -2.15. The van der Waals surface area contributed by atoms with E-state index in [1.807, 2.05) is 6.92 Å². The van der Waals surface area contributed by atoms with Gasteiger partial charge in [0.05, 0.1) is 5.57 Å². The molecule has 0 aliphatic carbocycles. The van der Waals surface area contributed by atoms with Gasteiger partial charge in [-0.05, 0) is 30.2 Å². The van der Waals surface area contributed by atoms with Crippen LogP contribution in [0.2, 0.25) is 5.02 Å². The van der Waals surface area contributed by atoms with Gasteiger partial charge in [-0.25, -0.2) is 4.79 Å². The van der Waals surface area contributed by atoms with Gasteiger partial charge in [-0.1, -0.05) is 48.0 Å². The highest BCUT2D eigenvalue weighted by Gasteiger charge is 2.14. The second-order valence-corrected chi connectivity index (χ2v) is 5.09. The Labute approximate surface area is 133 Å². The molecule has 0 heterocycles. The lowest BCUT2D eigenvalue weighted by molar-refractivity contribution is -0.131. The summed E-state index contributed by atoms with van der Waals surface area (Å²) in [6, 6.07) is 13.7. The first-order valence-electron chi connectivity index (χ1n) is 6.55. The van der Waals surface area contributed by atoms with Gasteiger partial charge in [-0.2, -0.15) is 0 Å². The number of hydrogen-bond acceptors (Lipinski definition) is 2. The maximum absolute atomic E-state index is 12.4. The number of carboxylic acid groups (broad SMARTS) is 1. The van der Waals surface area contributed by atoms with Crippen molar-refractivity contribution in [1.82, 2.24) is 0 Å². The summed E-state index contributed by atoms with van der Waals surface area (Å²) in [6.45, 7) is 1.85. The smallest absolute Gasteiger partial charge is 0.329 e. The van der Waals surface area contributed by atoms with E-state index < -0.39 is 11.9 Å². The maximum Gasteiger partial charge on any atom is 0.329 e. The summed E-state index contributed by atoms with van der Waals surface area (Å²) >= 11 is 6.02. The Morgan fingerprint density at radius 3 is 2.41 bits per heavy atom. The van der Waals surface area contributed by atoms with Crippen LogP contribution in [-0.2, 0) is 9.59 Å². The largest absolute Gasteiger partial charge is 0.478 e. The van der Waals surface area contributed by atoms with Gasteiger partial charge in [0.25, 0.3) is 5.91 Å². The van der Waals surface area contributed by atoms with Gasteiger partial charge in [0, 0.05) is 16.8 Å². The van der Waals surface area contributed by atoms with E-state index in [2.05, 4.69) is 5.32 Å². The van der Waals surface area contributed by atoms with Crippen LogP contribution in [0.4, 0.5) is 5.69 Å². The first-order chi connectivity index (χ1) is 10.5. The lowest BCUT2D eigenvalue weighted by Gasteiger charge is -2.10. The predicted molar refractivity (Wildman–Crippen MR) is 86.9 cm³/mol. The number of carbonyl (C=O) groups is 2. The van der Waals surface area contributed by atoms with E-state index in [0.717, 1.165) is 11.6 Å². The number of halogens is 1. The first kappa shape index (κ1) is 15.8. The monoisotopic (exact) mass is 315 g/mol. The van der Waals surface area contributed by atoms with Crippen molar-refractivity contribution < 1.29 is 14.7 Å². The minimum atomic E-state index is -1.18. The summed E-state index contributed by atoms with van der Waals surface area (Å²) in [5.41, 5.74) is 2.00. The predicted octanol–water partition coefficient (Wildman–Crippen LogP) is 3.76. The molecular formula is C17H14ClNO3. The number of nitrogens with one attached hydrogen (secondary N) is 1. The minimum Gasteiger partial charge on any atom is -0.478 e. The standard InChI is InChI=1S/C17H14ClNO3/c1-11-7-8-13(9-15(11)18)19-17(22)14(10-16(20)21)12-5-3-2-4-6-12/h2-10H,1H3,(H,19,22)(H,20,21)/b14-10-. The van der Waals surface area contributed by atoms with Crippen LogP contribution in [0.3, 0.4) is 0 Å². The molecule has 2 aromatic rings. The van der Waals surface area contributed by atoms with E-state index in [1.165, 1.54) is 0 Å². The van der Waals surface area contributed by atoms with Crippen LogP contribution in [0, 0.1) is 6.92 Å². The molecule has 2 aromatic carbocycles. The van der Waals surface area contributed by atoms with Crippen LogP contribution in [0.1, 0.15) is 11.1 Å². The van der Waals surface area contributed by atoms with Crippen LogP contribution in [0.15, 0.2) is 54.6 Å². The van der Waals surface area contributed by atoms with Crippen molar-refractivity contribution in [2.24, 2.45) is 0 Å². The average molecular weight is 316 g/mol. The normalized spacial score (nSPS) is 11.1. The Hall–Kier alpha value is -2.59. The van der Waals surface area contributed by atoms with E-state index in [-0.39, 0.29) is 5.57 Å². The molecule has 112 valence electrons. The van der Waals surface area contributed by atoms with Gasteiger partial charge in [0.2, 0.25) is 0 Å². The number of carbonyl (C=O) groups excluding carboxylic acids is 1. The molecule has 0 saturated heterocycles. The van der Waals surface area contributed by atoms with Crippen molar-refractivity contribution in [3.05, 3.63) is 70.8 Å². The number of rotatable bonds is 4. The zero-order chi connectivity index (χ0) is 16.1. The van der Waals surface area contributed by atoms with Crippen molar-refractivity contribution in [2.75, 3.05) is 5.32 Å². The average Bonchev–Trinajstić information content (AvgIpc) is 2.49. The third-order valence-electron chi connectivity index (χ3n) is 3.03. The summed E-state index contributed by atoms with van der Waals surface area (Å²) in [6.07, 6.45) is 0.889. The fraction of sp³-hybridized carbons (Fsp3) is 0.0588. The summed E-state index contributed by atoms with van der Waals surface area (Å²) in [5, 5.41) is 12.2. The van der Waals surface area contributed by atoms with Crippen LogP contribution in [0.5, 0.6) is 0 Å². The highest BCUT2D eigenvalue weighted by atomic mass is 35.5. The van der Waals surface area contributed by atoms with Crippen LogP contribution in [0.25, 0.3) is 5.57 Å². The van der Waals surface area contributed by atoms with Crippen LogP contribution in [-0.4, -0.2) is 17.0 Å². The van der Waals surface area contributed by atoms with Crippen LogP contribution >= 0.6 is 11.6 Å². The molecule has 4 nitrogen and oxygen atoms in total. The molecule has 0 aliphatic rings. The molecule has 0 aromatic heterocycles. The molecule has 0 bridgehead atoms. The van der Waals surface area contributed by atoms with E-state index in [1.54, 1.807) is 48.5 Å². The maximum atomic E-state index is 12.4. The fourth-order valence-electron chi connectivity index (χ4n) is 1.89. The molecule has 2 rings (SSSR count). The molecule has 0 fully saturated rings. The zero-order valence-corrected chi connectivity index (χ0v) is 12.6. The number of anilines is 1. The number of carboxylic acids is 1. The molecule has 0 spiro atoms. The van der Waals surface area contributed by atoms with E-state index in [4.69, 9.17) is 16.7 Å². The first-order valence-corrected chi connectivity index (χ1v) is 6.92. The Kier molecular flexibility index (Phi) is 4.96. The number of amides is 1. The van der Waals surface area contributed by atoms with Gasteiger partial charge in [-0.15, -0.1) is 0 Å². The Bertz CT molecular complexity index is 739. The number of benzene rings is 2.